The lowest BCUT2D eigenvalue weighted by Crippen LogP contribution is -2.35. The molecular weight excluding hydrogens is 324 g/mol. The largest absolute Gasteiger partial charge is 0.493 e. The van der Waals surface area contributed by atoms with Crippen LogP contribution in [0.2, 0.25) is 5.02 Å². The van der Waals surface area contributed by atoms with E-state index in [-0.39, 0.29) is 6.04 Å². The molecule has 3 rings (SSSR count). The van der Waals surface area contributed by atoms with E-state index in [0.717, 1.165) is 33.5 Å². The van der Waals surface area contributed by atoms with E-state index in [0.29, 0.717) is 0 Å². The molecule has 0 bridgehead atoms. The molecule has 4 nitrogen and oxygen atoms in total. The summed E-state index contributed by atoms with van der Waals surface area (Å²) in [4.78, 5) is 0. The Morgan fingerprint density at radius 1 is 1.00 bits per heavy atom. The summed E-state index contributed by atoms with van der Waals surface area (Å²) in [7, 11) is 5.36. The number of rotatable bonds is 4. The average Bonchev–Trinajstić information content (AvgIpc) is 2.88. The fourth-order valence-electron chi connectivity index (χ4n) is 3.12. The normalized spacial score (nSPS) is 17.8. The number of hydrogen-bond donors (Lipinski definition) is 0. The van der Waals surface area contributed by atoms with Crippen LogP contribution in [0.5, 0.6) is 11.5 Å². The van der Waals surface area contributed by atoms with Crippen molar-refractivity contribution in [1.82, 2.24) is 5.01 Å². The summed E-state index contributed by atoms with van der Waals surface area (Å²) in [5.41, 5.74) is 3.33. The highest BCUT2D eigenvalue weighted by Gasteiger charge is 2.29. The van der Waals surface area contributed by atoms with Gasteiger partial charge in [0.05, 0.1) is 25.9 Å². The Balaban J connectivity index is 1.94. The Morgan fingerprint density at radius 3 is 2.42 bits per heavy atom. The summed E-state index contributed by atoms with van der Waals surface area (Å²) >= 11 is 6.15. The Labute approximate surface area is 147 Å². The molecule has 0 radical (unpaired) electrons. The highest BCUT2D eigenvalue weighted by molar-refractivity contribution is 6.30. The molecule has 0 aromatic heterocycles. The molecule has 5 heteroatoms. The van der Waals surface area contributed by atoms with E-state index in [1.165, 1.54) is 0 Å². The van der Waals surface area contributed by atoms with Crippen molar-refractivity contribution in [3.8, 4) is 11.5 Å². The number of nitrogens with zero attached hydrogens (tertiary/aromatic N) is 2. The smallest absolute Gasteiger partial charge is 0.161 e. The summed E-state index contributed by atoms with van der Waals surface area (Å²) in [6.45, 7) is 2.10. The second-order valence-electron chi connectivity index (χ2n) is 5.73. The first kappa shape index (κ1) is 16.7. The fourth-order valence-corrected chi connectivity index (χ4v) is 3.31. The molecule has 1 aliphatic rings. The number of benzene rings is 2. The topological polar surface area (TPSA) is 24.9 Å². The summed E-state index contributed by atoms with van der Waals surface area (Å²) in [6, 6.07) is 14.0. The summed E-state index contributed by atoms with van der Waals surface area (Å²) < 4.78 is 10.8. The zero-order chi connectivity index (χ0) is 17.3. The maximum atomic E-state index is 6.15. The minimum Gasteiger partial charge on any atom is -0.493 e. The number of methoxy groups -OCH3 is 2. The van der Waals surface area contributed by atoms with Gasteiger partial charge >= 0.3 is 0 Å². The highest BCUT2D eigenvalue weighted by atomic mass is 35.5. The number of anilines is 1. The van der Waals surface area contributed by atoms with Crippen LogP contribution in [0, 0.1) is 0 Å². The van der Waals surface area contributed by atoms with E-state index in [1.54, 1.807) is 14.2 Å². The molecular formula is C19H21ClN2O2. The van der Waals surface area contributed by atoms with Gasteiger partial charge in [0, 0.05) is 17.8 Å². The molecule has 0 spiro atoms. The first-order valence-electron chi connectivity index (χ1n) is 7.74. The van der Waals surface area contributed by atoms with E-state index >= 15 is 0 Å². The summed E-state index contributed by atoms with van der Waals surface area (Å²) in [5.74, 6) is 1.46. The number of hydrogen-bond acceptors (Lipinski definition) is 4. The molecule has 1 heterocycles. The van der Waals surface area contributed by atoms with Gasteiger partial charge < -0.3 is 9.47 Å². The number of likely N-dealkylation sites (N-methyl/N-ethyl adjacent to an activating group) is 1. The van der Waals surface area contributed by atoms with E-state index in [2.05, 4.69) is 42.2 Å². The van der Waals surface area contributed by atoms with E-state index in [4.69, 9.17) is 21.1 Å². The van der Waals surface area contributed by atoms with Gasteiger partial charge in [0.25, 0.3) is 0 Å². The van der Waals surface area contributed by atoms with Gasteiger partial charge in [0.15, 0.2) is 11.5 Å². The molecule has 1 aliphatic heterocycles. The molecule has 0 N–H and O–H groups in total. The molecule has 0 saturated heterocycles. The molecule has 0 aliphatic carbocycles. The Morgan fingerprint density at radius 2 is 1.75 bits per heavy atom. The SMILES string of the molecule is COc1ccc(C2C=C(C)N(c3cccc(Cl)c3)N2C)cc1OC. The minimum atomic E-state index is 0.115. The maximum absolute atomic E-state index is 6.15. The fraction of sp³-hybridized carbons (Fsp3) is 0.263. The van der Waals surface area contributed by atoms with E-state index in [9.17, 15) is 0 Å². The number of hydrazine groups is 1. The van der Waals surface area contributed by atoms with Crippen LogP contribution >= 0.6 is 11.6 Å². The van der Waals surface area contributed by atoms with Crippen molar-refractivity contribution >= 4 is 17.3 Å². The van der Waals surface area contributed by atoms with Gasteiger partial charge in [-0.05, 0) is 48.9 Å². The lowest BCUT2D eigenvalue weighted by molar-refractivity contribution is 0.304. The molecule has 0 saturated carbocycles. The third kappa shape index (κ3) is 2.95. The first-order valence-corrected chi connectivity index (χ1v) is 8.11. The van der Waals surface area contributed by atoms with Crippen LogP contribution in [0.1, 0.15) is 18.5 Å². The van der Waals surface area contributed by atoms with Crippen LogP contribution in [0.3, 0.4) is 0 Å². The second-order valence-corrected chi connectivity index (χ2v) is 6.17. The number of ether oxygens (including phenoxy) is 2. The van der Waals surface area contributed by atoms with Crippen molar-refractivity contribution in [3.05, 3.63) is 64.8 Å². The van der Waals surface area contributed by atoms with Crippen molar-refractivity contribution in [2.45, 2.75) is 13.0 Å². The van der Waals surface area contributed by atoms with Crippen molar-refractivity contribution in [3.63, 3.8) is 0 Å². The van der Waals surface area contributed by atoms with Gasteiger partial charge in [0.2, 0.25) is 0 Å². The first-order chi connectivity index (χ1) is 11.5. The highest BCUT2D eigenvalue weighted by Crippen LogP contribution is 2.39. The molecule has 126 valence electrons. The Hall–Kier alpha value is -2.17. The Bertz CT molecular complexity index is 776. The summed E-state index contributed by atoms with van der Waals surface area (Å²) in [5, 5.41) is 5.07. The third-order valence-corrected chi connectivity index (χ3v) is 4.49. The van der Waals surface area contributed by atoms with Crippen LogP contribution < -0.4 is 14.5 Å². The predicted molar refractivity (Wildman–Crippen MR) is 97.7 cm³/mol. The maximum Gasteiger partial charge on any atom is 0.161 e. The van der Waals surface area contributed by atoms with E-state index < -0.39 is 0 Å². The van der Waals surface area contributed by atoms with Crippen molar-refractivity contribution in [1.29, 1.82) is 0 Å². The van der Waals surface area contributed by atoms with Crippen molar-refractivity contribution < 1.29 is 9.47 Å². The number of halogens is 1. The zero-order valence-corrected chi connectivity index (χ0v) is 15.0. The van der Waals surface area contributed by atoms with Gasteiger partial charge in [-0.2, -0.15) is 0 Å². The van der Waals surface area contributed by atoms with Gasteiger partial charge in [0.1, 0.15) is 0 Å². The minimum absolute atomic E-state index is 0.115. The zero-order valence-electron chi connectivity index (χ0n) is 14.3. The summed E-state index contributed by atoms with van der Waals surface area (Å²) in [6.07, 6.45) is 2.22. The number of allylic oxidation sites excluding steroid dienone is 1. The van der Waals surface area contributed by atoms with Crippen molar-refractivity contribution in [2.24, 2.45) is 0 Å². The van der Waals surface area contributed by atoms with Gasteiger partial charge in [-0.25, -0.2) is 5.01 Å². The quantitative estimate of drug-likeness (QED) is 0.804. The molecule has 2 aromatic rings. The van der Waals surface area contributed by atoms with Crippen LogP contribution in [0.25, 0.3) is 0 Å². The molecule has 0 fully saturated rings. The van der Waals surface area contributed by atoms with Crippen LogP contribution in [-0.2, 0) is 0 Å². The Kier molecular flexibility index (Phi) is 4.69. The van der Waals surface area contributed by atoms with E-state index in [1.807, 2.05) is 30.3 Å². The third-order valence-electron chi connectivity index (χ3n) is 4.25. The van der Waals surface area contributed by atoms with Gasteiger partial charge in [-0.15, -0.1) is 0 Å². The lowest BCUT2D eigenvalue weighted by Gasteiger charge is -2.32. The monoisotopic (exact) mass is 344 g/mol. The molecule has 24 heavy (non-hydrogen) atoms. The van der Waals surface area contributed by atoms with Gasteiger partial charge in [-0.3, -0.25) is 5.01 Å². The predicted octanol–water partition coefficient (Wildman–Crippen LogP) is 4.67. The molecule has 0 amide bonds. The molecule has 1 unspecified atom stereocenters. The molecule has 1 atom stereocenters. The van der Waals surface area contributed by atoms with Crippen molar-refractivity contribution in [2.75, 3.05) is 26.3 Å². The van der Waals surface area contributed by atoms with Crippen LogP contribution in [0.15, 0.2) is 54.2 Å². The lowest BCUT2D eigenvalue weighted by atomic mass is 10.1. The second kappa shape index (κ2) is 6.75. The average molecular weight is 345 g/mol. The molecule has 2 aromatic carbocycles. The van der Waals surface area contributed by atoms with Crippen LogP contribution in [0.4, 0.5) is 5.69 Å². The van der Waals surface area contributed by atoms with Gasteiger partial charge in [-0.1, -0.05) is 23.7 Å². The van der Waals surface area contributed by atoms with Crippen LogP contribution in [-0.4, -0.2) is 26.3 Å². The standard InChI is InChI=1S/C19H21ClN2O2/c1-13-10-17(14-8-9-18(23-3)19(11-14)24-4)21(2)22(13)16-7-5-6-15(20)12-16/h5-12,17H,1-4H3.